The maximum absolute atomic E-state index is 14.1. The zero-order valence-electron chi connectivity index (χ0n) is 24.8. The van der Waals surface area contributed by atoms with Crippen molar-refractivity contribution in [3.63, 3.8) is 0 Å². The molecule has 2 fully saturated rings. The molecule has 0 radical (unpaired) electrons. The third-order valence-electron chi connectivity index (χ3n) is 7.51. The van der Waals surface area contributed by atoms with Gasteiger partial charge in [0.2, 0.25) is 0 Å². The zero-order chi connectivity index (χ0) is 35.1. The van der Waals surface area contributed by atoms with Crippen LogP contribution in [0, 0.1) is 0 Å². The van der Waals surface area contributed by atoms with Crippen molar-refractivity contribution in [1.82, 2.24) is 19.1 Å². The summed E-state index contributed by atoms with van der Waals surface area (Å²) in [4.78, 5) is 41.2. The van der Waals surface area contributed by atoms with Crippen molar-refractivity contribution in [2.75, 3.05) is 13.2 Å². The molecule has 6 N–H and O–H groups in total. The number of aliphatic hydroxyl groups excluding tert-OH is 4. The first-order chi connectivity index (χ1) is 23.2. The van der Waals surface area contributed by atoms with Crippen molar-refractivity contribution in [3.8, 4) is 0 Å². The fraction of sp³-hybridized carbons (Fsp3) is 0.370. The van der Waals surface area contributed by atoms with E-state index in [1.807, 2.05) is 12.1 Å². The summed E-state index contributed by atoms with van der Waals surface area (Å²) >= 11 is 5.31. The molecule has 2 aliphatic heterocycles. The number of fused-ring (bicyclic) bond motifs is 1. The van der Waals surface area contributed by atoms with Gasteiger partial charge in [-0.15, -0.1) is 0 Å². The number of phosphoric acid groups is 1. The summed E-state index contributed by atoms with van der Waals surface area (Å²) in [5, 5.41) is 42.9. The Hall–Kier alpha value is -1.97. The Morgan fingerprint density at radius 3 is 1.86 bits per heavy atom. The second-order valence-electron chi connectivity index (χ2n) is 10.8. The van der Waals surface area contributed by atoms with Crippen LogP contribution >= 0.6 is 52.3 Å². The molecule has 0 spiro atoms. The molecule has 0 amide bonds. The van der Waals surface area contributed by atoms with Crippen molar-refractivity contribution < 1.29 is 57.9 Å². The highest BCUT2D eigenvalue weighted by molar-refractivity contribution is 9.10. The number of hydrogen-bond donors (Lipinski definition) is 6. The number of rotatable bonds is 12. The van der Waals surface area contributed by atoms with Crippen LogP contribution in [0.15, 0.2) is 86.3 Å². The lowest BCUT2D eigenvalue weighted by Gasteiger charge is -2.21. The lowest BCUT2D eigenvalue weighted by Crippen LogP contribution is -2.36. The van der Waals surface area contributed by atoms with Crippen LogP contribution in [0.5, 0.6) is 0 Å². The van der Waals surface area contributed by atoms with E-state index in [1.54, 1.807) is 48.5 Å². The average molecular weight is 824 g/mol. The van der Waals surface area contributed by atoms with Crippen molar-refractivity contribution in [3.05, 3.63) is 82.1 Å². The molecule has 17 nitrogen and oxygen atoms in total. The minimum atomic E-state index is -4.91. The van der Waals surface area contributed by atoms with Crippen molar-refractivity contribution in [1.29, 1.82) is 0 Å². The minimum absolute atomic E-state index is 0.0200. The van der Waals surface area contributed by atoms with Crippen molar-refractivity contribution in [2.24, 2.45) is 0 Å². The van der Waals surface area contributed by atoms with Gasteiger partial charge in [0.15, 0.2) is 28.4 Å². The number of phosphoric ester groups is 1. The number of nitrogens with zero attached hydrogens (tertiary/aromatic N) is 4. The van der Waals surface area contributed by atoms with E-state index in [4.69, 9.17) is 23.8 Å². The largest absolute Gasteiger partial charge is 0.469 e. The predicted molar refractivity (Wildman–Crippen MR) is 177 cm³/mol. The maximum Gasteiger partial charge on any atom is 0.469 e. The van der Waals surface area contributed by atoms with Gasteiger partial charge in [0, 0.05) is 9.79 Å². The molecule has 2 aromatic carbocycles. The van der Waals surface area contributed by atoms with Gasteiger partial charge in [-0.2, -0.15) is 0 Å². The molecular weight excluding hydrogens is 794 g/mol. The highest BCUT2D eigenvalue weighted by Gasteiger charge is 2.48. The van der Waals surface area contributed by atoms with Gasteiger partial charge in [-0.1, -0.05) is 36.4 Å². The van der Waals surface area contributed by atoms with E-state index in [1.165, 1.54) is 4.57 Å². The number of benzene rings is 2. The Labute approximate surface area is 293 Å². The van der Waals surface area contributed by atoms with Crippen molar-refractivity contribution in [2.45, 2.75) is 58.9 Å². The lowest BCUT2D eigenvalue weighted by molar-refractivity contribution is -0.0540. The summed E-state index contributed by atoms with van der Waals surface area (Å²) in [5.41, 5.74) is -1.21. The van der Waals surface area contributed by atoms with E-state index in [9.17, 15) is 34.4 Å². The summed E-state index contributed by atoms with van der Waals surface area (Å²) in [6.07, 6.45) is -10.9. The lowest BCUT2D eigenvalue weighted by atomic mass is 10.1. The zero-order valence-corrected chi connectivity index (χ0v) is 29.8. The second kappa shape index (κ2) is 14.9. The molecule has 0 bridgehead atoms. The van der Waals surface area contributed by atoms with E-state index >= 15 is 0 Å². The van der Waals surface area contributed by atoms with Gasteiger partial charge in [0.1, 0.15) is 43.0 Å². The van der Waals surface area contributed by atoms with Crippen LogP contribution in [-0.2, 0) is 27.7 Å². The minimum Gasteiger partial charge on any atom is -0.387 e. The highest BCUT2D eigenvalue weighted by Crippen LogP contribution is 2.74. The monoisotopic (exact) mass is 822 g/mol. The molecule has 8 atom stereocenters. The average Bonchev–Trinajstić information content (AvgIpc) is 3.65. The van der Waals surface area contributed by atoms with E-state index < -0.39 is 74.8 Å². The van der Waals surface area contributed by atoms with E-state index in [0.717, 1.165) is 33.7 Å². The number of ether oxygens (including phenoxy) is 2. The van der Waals surface area contributed by atoms with Gasteiger partial charge < -0.3 is 44.2 Å². The Morgan fingerprint density at radius 1 is 0.796 bits per heavy atom. The predicted octanol–water partition coefficient (Wildman–Crippen LogP) is 2.41. The van der Waals surface area contributed by atoms with E-state index in [-0.39, 0.29) is 22.5 Å². The van der Waals surface area contributed by atoms with Gasteiger partial charge in [0.05, 0.1) is 13.2 Å². The topological polar surface area (TPSA) is 245 Å². The summed E-state index contributed by atoms with van der Waals surface area (Å²) in [7, 11) is -4.91. The number of aromatic nitrogens is 4. The standard InChI is InChI=1S/C27H29BrN4O13P2S2/c28-27-30-18-23(29-13-31(24(18)37)25-21(35)19(33)16(44-25)11-42-46(38,39)40)32(27)26-22(36)20(34)17(45-26)12-43-47(41,48-14-7-3-1-4-8-14)49-15-9-5-2-6-10-15/h1-10,13,16-17,19-22,25-26,33-36H,11-12H2,(H2,38,39,40)/t16-,17-,19-,20-,21-,22-,25-,26-/m1/s1. The van der Waals surface area contributed by atoms with Crippen LogP contribution in [0.4, 0.5) is 0 Å². The summed E-state index contributed by atoms with van der Waals surface area (Å²) in [6, 6.07) is 18.0. The Balaban J connectivity index is 1.21. The first kappa shape index (κ1) is 36.8. The highest BCUT2D eigenvalue weighted by atomic mass is 79.9. The molecule has 4 heterocycles. The SMILES string of the molecule is O=c1c2nc(Br)n([C@@H]3O[C@H](COP(=O)(Sc4ccccc4)Sc4ccccc4)[C@@H](O)[C@H]3O)c2ncn1[C@@H]1O[C@H](COP(=O)(O)O)[C@@H](O)[C@H]1O. The second-order valence-corrected chi connectivity index (χ2v) is 19.9. The summed E-state index contributed by atoms with van der Waals surface area (Å²) in [6.45, 7) is -1.15. The molecule has 264 valence electrons. The molecule has 22 heteroatoms. The van der Waals surface area contributed by atoms with E-state index in [0.29, 0.717) is 9.79 Å². The van der Waals surface area contributed by atoms with Crippen LogP contribution in [-0.4, -0.2) is 99.2 Å². The quantitative estimate of drug-likeness (QED) is 0.0887. The summed E-state index contributed by atoms with van der Waals surface area (Å²) < 4.78 is 49.0. The number of imidazole rings is 1. The van der Waals surface area contributed by atoms with Crippen LogP contribution in [0.25, 0.3) is 11.2 Å². The van der Waals surface area contributed by atoms with E-state index in [2.05, 4.69) is 30.4 Å². The van der Waals surface area contributed by atoms with Gasteiger partial charge in [-0.3, -0.25) is 23.0 Å². The normalized spacial score (nSPS) is 27.7. The number of aliphatic hydroxyl groups is 4. The number of hydrogen-bond acceptors (Lipinski definition) is 15. The molecule has 2 aliphatic rings. The Kier molecular flexibility index (Phi) is 11.2. The van der Waals surface area contributed by atoms with Gasteiger partial charge in [-0.05, 0) is 63.0 Å². The van der Waals surface area contributed by atoms with Crippen molar-refractivity contribution >= 4 is 63.5 Å². The fourth-order valence-electron chi connectivity index (χ4n) is 5.17. The molecule has 6 rings (SSSR count). The first-order valence-corrected chi connectivity index (χ1v) is 21.2. The van der Waals surface area contributed by atoms with Gasteiger partial charge >= 0.3 is 13.6 Å². The van der Waals surface area contributed by atoms with Gasteiger partial charge in [0.25, 0.3) is 5.56 Å². The molecule has 49 heavy (non-hydrogen) atoms. The molecule has 0 aliphatic carbocycles. The van der Waals surface area contributed by atoms with Crippen LogP contribution in [0.3, 0.4) is 0 Å². The number of halogens is 1. The molecule has 0 unspecified atom stereocenters. The first-order valence-electron chi connectivity index (χ1n) is 14.4. The van der Waals surface area contributed by atoms with Crippen LogP contribution in [0.1, 0.15) is 12.5 Å². The third kappa shape index (κ3) is 8.09. The molecule has 0 saturated carbocycles. The molecular formula is C27H29BrN4O13P2S2. The molecule has 4 aromatic rings. The Morgan fingerprint density at radius 2 is 1.31 bits per heavy atom. The molecule has 2 saturated heterocycles. The maximum atomic E-state index is 14.1. The molecule has 2 aromatic heterocycles. The fourth-order valence-corrected chi connectivity index (χ4v) is 12.6. The van der Waals surface area contributed by atoms with Crippen LogP contribution in [0.2, 0.25) is 0 Å². The van der Waals surface area contributed by atoms with Gasteiger partial charge in [-0.25, -0.2) is 14.5 Å². The van der Waals surface area contributed by atoms with Crippen LogP contribution < -0.4 is 5.56 Å². The summed E-state index contributed by atoms with van der Waals surface area (Å²) in [5.74, 6) is -3.56. The Bertz CT molecular complexity index is 1890. The smallest absolute Gasteiger partial charge is 0.387 e. The third-order valence-corrected chi connectivity index (χ3v) is 15.0.